The van der Waals surface area contributed by atoms with Crippen molar-refractivity contribution in [1.82, 2.24) is 0 Å². The van der Waals surface area contributed by atoms with Crippen LogP contribution in [0.2, 0.25) is 0 Å². The Balaban J connectivity index is 1.47. The molecular weight excluding hydrogens is 364 g/mol. The molecule has 4 aliphatic rings. The number of aliphatic hydroxyl groups excluding tert-OH is 1. The van der Waals surface area contributed by atoms with Crippen LogP contribution in [0.4, 0.5) is 0 Å². The second-order valence-corrected chi connectivity index (χ2v) is 12.4. The standard InChI is InChI=1S/C29H48O/c1-7-19(2)20(3)8-9-21(4)25-12-13-26-24-11-10-22-18-23(30)14-16-28(22,5)27(24)15-17-29(25,26)6/h7,10,20-21,23-27,30H,8-9,11-18H2,1-6H3/b19-7+/t20-,21+,23-,24?,25?,26?,27?,28-,29+/m0/s1. The predicted octanol–water partition coefficient (Wildman–Crippen LogP) is 7.94. The van der Waals surface area contributed by atoms with Crippen LogP contribution in [0.5, 0.6) is 0 Å². The lowest BCUT2D eigenvalue weighted by atomic mass is 9.47. The fraction of sp³-hybridized carbons (Fsp3) is 0.862. The summed E-state index contributed by atoms with van der Waals surface area (Å²) in [5.74, 6) is 5.22. The summed E-state index contributed by atoms with van der Waals surface area (Å²) in [6, 6.07) is 0. The molecule has 3 fully saturated rings. The highest BCUT2D eigenvalue weighted by Gasteiger charge is 2.59. The molecule has 1 heteroatoms. The van der Waals surface area contributed by atoms with E-state index in [4.69, 9.17) is 0 Å². The monoisotopic (exact) mass is 412 g/mol. The molecule has 0 aromatic heterocycles. The molecule has 1 N–H and O–H groups in total. The van der Waals surface area contributed by atoms with E-state index in [1.165, 1.54) is 51.4 Å². The first-order valence-electron chi connectivity index (χ1n) is 13.2. The molecule has 0 aromatic carbocycles. The van der Waals surface area contributed by atoms with Crippen molar-refractivity contribution in [2.75, 3.05) is 0 Å². The highest BCUT2D eigenvalue weighted by atomic mass is 16.3. The maximum atomic E-state index is 10.2. The molecule has 9 atom stereocenters. The minimum absolute atomic E-state index is 0.0833. The molecule has 170 valence electrons. The lowest BCUT2D eigenvalue weighted by Crippen LogP contribution is -2.50. The van der Waals surface area contributed by atoms with Crippen LogP contribution in [-0.4, -0.2) is 11.2 Å². The number of allylic oxidation sites excluding steroid dienone is 3. The van der Waals surface area contributed by atoms with E-state index in [-0.39, 0.29) is 6.10 Å². The van der Waals surface area contributed by atoms with E-state index < -0.39 is 0 Å². The maximum absolute atomic E-state index is 10.2. The van der Waals surface area contributed by atoms with Crippen molar-refractivity contribution in [2.24, 2.45) is 46.3 Å². The van der Waals surface area contributed by atoms with Crippen LogP contribution in [-0.2, 0) is 0 Å². The lowest BCUT2D eigenvalue weighted by Gasteiger charge is -2.58. The Morgan fingerprint density at radius 1 is 1.10 bits per heavy atom. The van der Waals surface area contributed by atoms with Crippen molar-refractivity contribution in [3.8, 4) is 0 Å². The molecule has 0 aliphatic heterocycles. The third-order valence-corrected chi connectivity index (χ3v) is 11.1. The fourth-order valence-corrected chi connectivity index (χ4v) is 8.84. The summed E-state index contributed by atoms with van der Waals surface area (Å²) in [5, 5.41) is 10.2. The summed E-state index contributed by atoms with van der Waals surface area (Å²) in [7, 11) is 0. The summed E-state index contributed by atoms with van der Waals surface area (Å²) < 4.78 is 0. The highest BCUT2D eigenvalue weighted by molar-refractivity contribution is 5.25. The van der Waals surface area contributed by atoms with E-state index in [0.29, 0.717) is 10.8 Å². The quantitative estimate of drug-likeness (QED) is 0.454. The molecule has 4 aliphatic carbocycles. The molecule has 0 saturated heterocycles. The summed E-state index contributed by atoms with van der Waals surface area (Å²) >= 11 is 0. The SMILES string of the molecule is C/C=C(\C)[C@@H](C)CC[C@@H](C)C1CCC2C3CC=C4C[C@@H](O)CC[C@]4(C)C3CC[C@@]21C. The van der Waals surface area contributed by atoms with Crippen LogP contribution in [0.3, 0.4) is 0 Å². The smallest absolute Gasteiger partial charge is 0.0577 e. The molecule has 1 nitrogen and oxygen atoms in total. The Morgan fingerprint density at radius 2 is 1.87 bits per heavy atom. The van der Waals surface area contributed by atoms with Gasteiger partial charge in [0.2, 0.25) is 0 Å². The average Bonchev–Trinajstić information content (AvgIpc) is 3.09. The number of hydrogen-bond acceptors (Lipinski definition) is 1. The topological polar surface area (TPSA) is 20.2 Å². The molecule has 0 amide bonds. The molecule has 3 saturated carbocycles. The normalized spacial score (nSPS) is 45.8. The van der Waals surface area contributed by atoms with Gasteiger partial charge in [-0.15, -0.1) is 0 Å². The molecule has 0 bridgehead atoms. The Kier molecular flexibility index (Phi) is 6.35. The van der Waals surface area contributed by atoms with E-state index in [2.05, 4.69) is 53.7 Å². The van der Waals surface area contributed by atoms with Gasteiger partial charge in [-0.3, -0.25) is 0 Å². The Bertz CT molecular complexity index is 688. The van der Waals surface area contributed by atoms with E-state index >= 15 is 0 Å². The Morgan fingerprint density at radius 3 is 2.60 bits per heavy atom. The minimum Gasteiger partial charge on any atom is -0.393 e. The molecule has 4 unspecified atom stereocenters. The fourth-order valence-electron chi connectivity index (χ4n) is 8.84. The van der Waals surface area contributed by atoms with E-state index in [1.807, 2.05) is 0 Å². The van der Waals surface area contributed by atoms with Crippen LogP contribution in [0.25, 0.3) is 0 Å². The average molecular weight is 413 g/mol. The zero-order chi connectivity index (χ0) is 21.7. The van der Waals surface area contributed by atoms with Crippen molar-refractivity contribution >= 4 is 0 Å². The third-order valence-electron chi connectivity index (χ3n) is 11.1. The van der Waals surface area contributed by atoms with Gasteiger partial charge in [0.15, 0.2) is 0 Å². The van der Waals surface area contributed by atoms with Crippen molar-refractivity contribution < 1.29 is 5.11 Å². The van der Waals surface area contributed by atoms with Crippen LogP contribution in [0, 0.1) is 46.3 Å². The molecule has 0 spiro atoms. The zero-order valence-electron chi connectivity index (χ0n) is 20.7. The number of hydrogen-bond donors (Lipinski definition) is 1. The second kappa shape index (κ2) is 8.42. The lowest BCUT2D eigenvalue weighted by molar-refractivity contribution is -0.0573. The third kappa shape index (κ3) is 3.66. The van der Waals surface area contributed by atoms with Gasteiger partial charge in [-0.1, -0.05) is 51.0 Å². The predicted molar refractivity (Wildman–Crippen MR) is 128 cm³/mol. The molecular formula is C29H48O. The number of fused-ring (bicyclic) bond motifs is 5. The van der Waals surface area contributed by atoms with Gasteiger partial charge in [-0.05, 0) is 124 Å². The molecule has 4 rings (SSSR count). The van der Waals surface area contributed by atoms with Crippen LogP contribution in [0.1, 0.15) is 106 Å². The van der Waals surface area contributed by atoms with E-state index in [1.54, 1.807) is 11.1 Å². The van der Waals surface area contributed by atoms with E-state index in [0.717, 1.165) is 48.3 Å². The minimum atomic E-state index is -0.0833. The van der Waals surface area contributed by atoms with Crippen molar-refractivity contribution in [3.63, 3.8) is 0 Å². The van der Waals surface area contributed by atoms with Gasteiger partial charge in [0, 0.05) is 0 Å². The first kappa shape index (κ1) is 22.6. The largest absolute Gasteiger partial charge is 0.393 e. The van der Waals surface area contributed by atoms with E-state index in [9.17, 15) is 5.11 Å². The summed E-state index contributed by atoms with van der Waals surface area (Å²) in [4.78, 5) is 0. The van der Waals surface area contributed by atoms with Crippen LogP contribution in [0.15, 0.2) is 23.3 Å². The van der Waals surface area contributed by atoms with Crippen LogP contribution < -0.4 is 0 Å². The van der Waals surface area contributed by atoms with Gasteiger partial charge < -0.3 is 5.11 Å². The van der Waals surface area contributed by atoms with Gasteiger partial charge >= 0.3 is 0 Å². The van der Waals surface area contributed by atoms with Crippen molar-refractivity contribution in [1.29, 1.82) is 0 Å². The van der Waals surface area contributed by atoms with Gasteiger partial charge in [0.05, 0.1) is 6.10 Å². The molecule has 30 heavy (non-hydrogen) atoms. The maximum Gasteiger partial charge on any atom is 0.0577 e. The van der Waals surface area contributed by atoms with Crippen molar-refractivity contribution in [2.45, 2.75) is 112 Å². The van der Waals surface area contributed by atoms with Crippen molar-refractivity contribution in [3.05, 3.63) is 23.3 Å². The zero-order valence-corrected chi connectivity index (χ0v) is 20.7. The van der Waals surface area contributed by atoms with Gasteiger partial charge in [0.25, 0.3) is 0 Å². The molecule has 0 radical (unpaired) electrons. The molecule has 0 aromatic rings. The second-order valence-electron chi connectivity index (χ2n) is 12.4. The molecule has 0 heterocycles. The first-order chi connectivity index (χ1) is 14.2. The summed E-state index contributed by atoms with van der Waals surface area (Å²) in [6.07, 6.45) is 17.8. The van der Waals surface area contributed by atoms with Gasteiger partial charge in [-0.25, -0.2) is 0 Å². The summed E-state index contributed by atoms with van der Waals surface area (Å²) in [6.45, 7) is 14.7. The highest BCUT2D eigenvalue weighted by Crippen LogP contribution is 2.67. The van der Waals surface area contributed by atoms with Crippen LogP contribution >= 0.6 is 0 Å². The summed E-state index contributed by atoms with van der Waals surface area (Å²) in [5.41, 5.74) is 4.12. The Labute approximate surface area is 186 Å². The van der Waals surface area contributed by atoms with Gasteiger partial charge in [0.1, 0.15) is 0 Å². The number of aliphatic hydroxyl groups is 1. The van der Waals surface area contributed by atoms with Gasteiger partial charge in [-0.2, -0.15) is 0 Å². The first-order valence-corrected chi connectivity index (χ1v) is 13.2. The number of rotatable bonds is 5. The Hall–Kier alpha value is -0.560.